The van der Waals surface area contributed by atoms with E-state index in [1.807, 2.05) is 0 Å². The number of rotatable bonds is 1. The quantitative estimate of drug-likeness (QED) is 0.737. The van der Waals surface area contributed by atoms with E-state index in [9.17, 15) is 13.2 Å². The number of hydrogen-bond donors (Lipinski definition) is 1. The Balaban J connectivity index is 3.14. The molecule has 72 valence electrons. The third-order valence-electron chi connectivity index (χ3n) is 1.71. The van der Waals surface area contributed by atoms with Gasteiger partial charge in [0.05, 0.1) is 5.56 Å². The Morgan fingerprint density at radius 1 is 1.46 bits per heavy atom. The van der Waals surface area contributed by atoms with Crippen LogP contribution in [-0.4, -0.2) is 4.98 Å². The molecule has 0 unspecified atom stereocenters. The first-order chi connectivity index (χ1) is 5.95. The van der Waals surface area contributed by atoms with Crippen molar-refractivity contribution in [3.05, 3.63) is 23.4 Å². The molecule has 0 aliphatic heterocycles. The standard InChI is InChI=1S/C8H9F3N2/c1-2-5-3-6(8(9,10)11)4-13-7(5)12/h3-4H,2H2,1H3,(H2,12,13). The van der Waals surface area contributed by atoms with E-state index in [0.29, 0.717) is 12.0 Å². The number of nitrogens with zero attached hydrogens (tertiary/aromatic N) is 1. The molecule has 0 saturated carbocycles. The lowest BCUT2D eigenvalue weighted by Gasteiger charge is -2.08. The Labute approximate surface area is 73.6 Å². The Hall–Kier alpha value is -1.26. The highest BCUT2D eigenvalue weighted by molar-refractivity contribution is 5.41. The van der Waals surface area contributed by atoms with Gasteiger partial charge in [0.15, 0.2) is 0 Å². The summed E-state index contributed by atoms with van der Waals surface area (Å²) in [6.45, 7) is 1.73. The van der Waals surface area contributed by atoms with Crippen molar-refractivity contribution in [2.75, 3.05) is 5.73 Å². The maximum absolute atomic E-state index is 12.2. The molecule has 0 fully saturated rings. The molecule has 0 radical (unpaired) electrons. The van der Waals surface area contributed by atoms with Gasteiger partial charge in [0.1, 0.15) is 5.82 Å². The van der Waals surface area contributed by atoms with Crippen molar-refractivity contribution < 1.29 is 13.2 Å². The number of anilines is 1. The first kappa shape index (κ1) is 9.83. The van der Waals surface area contributed by atoms with Crippen LogP contribution in [0.4, 0.5) is 19.0 Å². The third kappa shape index (κ3) is 2.11. The van der Waals surface area contributed by atoms with Gasteiger partial charge in [0.25, 0.3) is 0 Å². The monoisotopic (exact) mass is 190 g/mol. The van der Waals surface area contributed by atoms with Crippen LogP contribution in [0.15, 0.2) is 12.3 Å². The van der Waals surface area contributed by atoms with Gasteiger partial charge in [-0.15, -0.1) is 0 Å². The number of halogens is 3. The van der Waals surface area contributed by atoms with E-state index in [2.05, 4.69) is 4.98 Å². The van der Waals surface area contributed by atoms with Gasteiger partial charge in [-0.2, -0.15) is 13.2 Å². The predicted molar refractivity (Wildman–Crippen MR) is 43.0 cm³/mol. The lowest BCUT2D eigenvalue weighted by atomic mass is 10.1. The molecule has 1 aromatic heterocycles. The average molecular weight is 190 g/mol. The highest BCUT2D eigenvalue weighted by Crippen LogP contribution is 2.30. The fourth-order valence-electron chi connectivity index (χ4n) is 0.959. The summed E-state index contributed by atoms with van der Waals surface area (Å²) in [6.07, 6.45) is -3.15. The van der Waals surface area contributed by atoms with Crippen molar-refractivity contribution in [2.24, 2.45) is 0 Å². The lowest BCUT2D eigenvalue weighted by molar-refractivity contribution is -0.137. The van der Waals surface area contributed by atoms with Crippen molar-refractivity contribution in [1.29, 1.82) is 0 Å². The molecule has 2 N–H and O–H groups in total. The Kier molecular flexibility index (Phi) is 2.45. The van der Waals surface area contributed by atoms with Gasteiger partial charge < -0.3 is 5.73 Å². The minimum atomic E-state index is -4.34. The highest BCUT2D eigenvalue weighted by atomic mass is 19.4. The molecule has 0 amide bonds. The SMILES string of the molecule is CCc1cc(C(F)(F)F)cnc1N. The van der Waals surface area contributed by atoms with Gasteiger partial charge in [-0.25, -0.2) is 4.98 Å². The van der Waals surface area contributed by atoms with Crippen molar-refractivity contribution in [1.82, 2.24) is 4.98 Å². The van der Waals surface area contributed by atoms with Gasteiger partial charge in [0.2, 0.25) is 0 Å². The largest absolute Gasteiger partial charge is 0.417 e. The van der Waals surface area contributed by atoms with E-state index >= 15 is 0 Å². The van der Waals surface area contributed by atoms with E-state index in [4.69, 9.17) is 5.73 Å². The number of nitrogens with two attached hydrogens (primary N) is 1. The van der Waals surface area contributed by atoms with Gasteiger partial charge >= 0.3 is 6.18 Å². The molecule has 0 aliphatic rings. The molecule has 1 aromatic rings. The summed E-state index contributed by atoms with van der Waals surface area (Å²) in [5.41, 5.74) is 5.04. The molecule has 0 spiro atoms. The topological polar surface area (TPSA) is 38.9 Å². The predicted octanol–water partition coefficient (Wildman–Crippen LogP) is 2.25. The maximum atomic E-state index is 12.2. The van der Waals surface area contributed by atoms with Crippen LogP contribution in [0.3, 0.4) is 0 Å². The molecule has 0 saturated heterocycles. The first-order valence-electron chi connectivity index (χ1n) is 3.76. The van der Waals surface area contributed by atoms with Crippen LogP contribution in [0.2, 0.25) is 0 Å². The van der Waals surface area contributed by atoms with Crippen LogP contribution in [-0.2, 0) is 12.6 Å². The number of nitrogen functional groups attached to an aromatic ring is 1. The molecule has 2 nitrogen and oxygen atoms in total. The normalized spacial score (nSPS) is 11.7. The van der Waals surface area contributed by atoms with E-state index < -0.39 is 11.7 Å². The summed E-state index contributed by atoms with van der Waals surface area (Å²) in [5, 5.41) is 0. The summed E-state index contributed by atoms with van der Waals surface area (Å²) in [5.74, 6) is 0.163. The van der Waals surface area contributed by atoms with Crippen LogP contribution >= 0.6 is 0 Å². The maximum Gasteiger partial charge on any atom is 0.417 e. The zero-order chi connectivity index (χ0) is 10.1. The Morgan fingerprint density at radius 3 is 2.54 bits per heavy atom. The zero-order valence-electron chi connectivity index (χ0n) is 7.02. The first-order valence-corrected chi connectivity index (χ1v) is 3.76. The minimum absolute atomic E-state index is 0.163. The van der Waals surface area contributed by atoms with Crippen LogP contribution in [0.25, 0.3) is 0 Å². The van der Waals surface area contributed by atoms with Crippen molar-refractivity contribution in [2.45, 2.75) is 19.5 Å². The van der Waals surface area contributed by atoms with Gasteiger partial charge in [-0.3, -0.25) is 0 Å². The van der Waals surface area contributed by atoms with Gasteiger partial charge in [0, 0.05) is 6.20 Å². The third-order valence-corrected chi connectivity index (χ3v) is 1.71. The van der Waals surface area contributed by atoms with E-state index in [0.717, 1.165) is 12.3 Å². The molecular formula is C8H9F3N2. The molecular weight excluding hydrogens is 181 g/mol. The second kappa shape index (κ2) is 3.24. The molecule has 1 heterocycles. The fraction of sp³-hybridized carbons (Fsp3) is 0.375. The smallest absolute Gasteiger partial charge is 0.383 e. The summed E-state index contributed by atoms with van der Waals surface area (Å²) in [4.78, 5) is 3.47. The number of aromatic nitrogens is 1. The van der Waals surface area contributed by atoms with E-state index in [1.165, 1.54) is 0 Å². The second-order valence-electron chi connectivity index (χ2n) is 2.62. The van der Waals surface area contributed by atoms with E-state index in [1.54, 1.807) is 6.92 Å². The fourth-order valence-corrected chi connectivity index (χ4v) is 0.959. The minimum Gasteiger partial charge on any atom is -0.383 e. The molecule has 0 atom stereocenters. The lowest BCUT2D eigenvalue weighted by Crippen LogP contribution is -2.08. The van der Waals surface area contributed by atoms with Crippen LogP contribution < -0.4 is 5.73 Å². The summed E-state index contributed by atoms with van der Waals surface area (Å²) < 4.78 is 36.5. The second-order valence-corrected chi connectivity index (χ2v) is 2.62. The summed E-state index contributed by atoms with van der Waals surface area (Å²) >= 11 is 0. The zero-order valence-corrected chi connectivity index (χ0v) is 7.02. The van der Waals surface area contributed by atoms with Crippen LogP contribution in [0.1, 0.15) is 18.1 Å². The number of alkyl halides is 3. The average Bonchev–Trinajstić information content (AvgIpc) is 2.03. The van der Waals surface area contributed by atoms with E-state index in [-0.39, 0.29) is 5.82 Å². The van der Waals surface area contributed by atoms with Gasteiger partial charge in [-0.1, -0.05) is 6.92 Å². The van der Waals surface area contributed by atoms with Crippen molar-refractivity contribution in [3.8, 4) is 0 Å². The van der Waals surface area contributed by atoms with Crippen molar-refractivity contribution in [3.63, 3.8) is 0 Å². The number of aryl methyl sites for hydroxylation is 1. The summed E-state index contributed by atoms with van der Waals surface area (Å²) in [6, 6.07) is 1.03. The highest BCUT2D eigenvalue weighted by Gasteiger charge is 2.31. The molecule has 5 heteroatoms. The number of pyridine rings is 1. The molecule has 0 aromatic carbocycles. The Bertz CT molecular complexity index is 307. The van der Waals surface area contributed by atoms with Crippen LogP contribution in [0, 0.1) is 0 Å². The van der Waals surface area contributed by atoms with Crippen molar-refractivity contribution >= 4 is 5.82 Å². The summed E-state index contributed by atoms with van der Waals surface area (Å²) in [7, 11) is 0. The Morgan fingerprint density at radius 2 is 2.08 bits per heavy atom. The molecule has 1 rings (SSSR count). The van der Waals surface area contributed by atoms with Gasteiger partial charge in [-0.05, 0) is 18.1 Å². The molecule has 13 heavy (non-hydrogen) atoms. The van der Waals surface area contributed by atoms with Crippen LogP contribution in [0.5, 0.6) is 0 Å². The molecule has 0 aliphatic carbocycles. The molecule has 0 bridgehead atoms. The number of hydrogen-bond acceptors (Lipinski definition) is 2.